The summed E-state index contributed by atoms with van der Waals surface area (Å²) in [7, 11) is 3.95. The Labute approximate surface area is 144 Å². The predicted octanol–water partition coefficient (Wildman–Crippen LogP) is 2.02. The molecule has 0 aliphatic carbocycles. The van der Waals surface area contributed by atoms with E-state index in [2.05, 4.69) is 11.9 Å². The minimum atomic E-state index is 0.0912. The molecule has 5 nitrogen and oxygen atoms in total. The van der Waals surface area contributed by atoms with Crippen LogP contribution in [0, 0.1) is 5.41 Å². The van der Waals surface area contributed by atoms with Crippen molar-refractivity contribution in [1.82, 2.24) is 9.80 Å². The first-order chi connectivity index (χ1) is 11.6. The van der Waals surface area contributed by atoms with Gasteiger partial charge in [-0.3, -0.25) is 4.79 Å². The number of likely N-dealkylation sites (N-methyl/N-ethyl adjacent to an activating group) is 1. The Balaban J connectivity index is 1.47. The lowest BCUT2D eigenvalue weighted by molar-refractivity contribution is -0.135. The molecular formula is C19H28N2O3. The van der Waals surface area contributed by atoms with Crippen LogP contribution in [0.2, 0.25) is 0 Å². The van der Waals surface area contributed by atoms with E-state index in [-0.39, 0.29) is 12.5 Å². The second-order valence-electron chi connectivity index (χ2n) is 7.21. The van der Waals surface area contributed by atoms with Gasteiger partial charge in [-0.2, -0.15) is 0 Å². The first-order valence-corrected chi connectivity index (χ1v) is 8.77. The molecule has 1 atom stereocenters. The van der Waals surface area contributed by atoms with Gasteiger partial charge in [0.25, 0.3) is 5.91 Å². The fourth-order valence-corrected chi connectivity index (χ4v) is 4.10. The van der Waals surface area contributed by atoms with E-state index in [0.29, 0.717) is 11.5 Å². The highest BCUT2D eigenvalue weighted by Crippen LogP contribution is 2.42. The predicted molar refractivity (Wildman–Crippen MR) is 93.1 cm³/mol. The molecule has 0 aromatic heterocycles. The summed E-state index contributed by atoms with van der Waals surface area (Å²) in [6.45, 7) is 3.72. The maximum absolute atomic E-state index is 12.4. The van der Waals surface area contributed by atoms with Crippen molar-refractivity contribution >= 4 is 5.91 Å². The Hall–Kier alpha value is -1.59. The Morgan fingerprint density at radius 3 is 2.62 bits per heavy atom. The van der Waals surface area contributed by atoms with Crippen LogP contribution in [0.5, 0.6) is 5.75 Å². The fourth-order valence-electron chi connectivity index (χ4n) is 4.10. The van der Waals surface area contributed by atoms with Gasteiger partial charge < -0.3 is 19.3 Å². The largest absolute Gasteiger partial charge is 0.484 e. The number of hydrogen-bond acceptors (Lipinski definition) is 4. The van der Waals surface area contributed by atoms with Gasteiger partial charge in [-0.05, 0) is 43.9 Å². The molecule has 1 aromatic rings. The number of carbonyl (C=O) groups excluding carboxylic acids is 1. The van der Waals surface area contributed by atoms with E-state index in [1.807, 2.05) is 35.2 Å². The molecule has 0 radical (unpaired) electrons. The lowest BCUT2D eigenvalue weighted by Gasteiger charge is -2.39. The first kappa shape index (κ1) is 17.2. The van der Waals surface area contributed by atoms with Gasteiger partial charge in [-0.25, -0.2) is 0 Å². The third-order valence-electron chi connectivity index (χ3n) is 5.52. The average Bonchev–Trinajstić information content (AvgIpc) is 2.90. The number of benzene rings is 1. The summed E-state index contributed by atoms with van der Waals surface area (Å²) >= 11 is 0. The van der Waals surface area contributed by atoms with Crippen molar-refractivity contribution < 1.29 is 14.3 Å². The van der Waals surface area contributed by atoms with Crippen molar-refractivity contribution in [2.24, 2.45) is 5.41 Å². The van der Waals surface area contributed by atoms with Crippen LogP contribution >= 0.6 is 0 Å². The van der Waals surface area contributed by atoms with Crippen molar-refractivity contribution in [3.8, 4) is 5.75 Å². The van der Waals surface area contributed by atoms with Gasteiger partial charge in [0.2, 0.25) is 0 Å². The highest BCUT2D eigenvalue weighted by atomic mass is 16.5. The number of likely N-dealkylation sites (tertiary alicyclic amines) is 2. The summed E-state index contributed by atoms with van der Waals surface area (Å²) in [6.07, 6.45) is 3.34. The maximum Gasteiger partial charge on any atom is 0.260 e. The molecule has 1 amide bonds. The fraction of sp³-hybridized carbons (Fsp3) is 0.632. The molecule has 0 bridgehead atoms. The summed E-state index contributed by atoms with van der Waals surface area (Å²) < 4.78 is 10.9. The van der Waals surface area contributed by atoms with Crippen LogP contribution in [0.4, 0.5) is 0 Å². The zero-order valence-electron chi connectivity index (χ0n) is 14.7. The van der Waals surface area contributed by atoms with Crippen LogP contribution in [0.15, 0.2) is 30.3 Å². The molecular weight excluding hydrogens is 304 g/mol. The number of nitrogens with zero attached hydrogens (tertiary/aromatic N) is 2. The summed E-state index contributed by atoms with van der Waals surface area (Å²) in [6, 6.07) is 10.0. The number of piperidine rings is 1. The molecule has 2 heterocycles. The van der Waals surface area contributed by atoms with E-state index in [4.69, 9.17) is 9.47 Å². The number of methoxy groups -OCH3 is 1. The lowest BCUT2D eigenvalue weighted by atomic mass is 9.76. The third kappa shape index (κ3) is 3.90. The van der Waals surface area contributed by atoms with Crippen molar-refractivity contribution in [3.63, 3.8) is 0 Å². The first-order valence-electron chi connectivity index (χ1n) is 8.77. The summed E-state index contributed by atoms with van der Waals surface area (Å²) in [5.41, 5.74) is 0.356. The van der Waals surface area contributed by atoms with E-state index in [0.717, 1.165) is 44.8 Å². The summed E-state index contributed by atoms with van der Waals surface area (Å²) in [4.78, 5) is 16.7. The van der Waals surface area contributed by atoms with E-state index in [1.165, 1.54) is 6.42 Å². The lowest BCUT2D eigenvalue weighted by Crippen LogP contribution is -2.45. The van der Waals surface area contributed by atoms with Gasteiger partial charge in [0.05, 0.1) is 6.61 Å². The normalized spacial score (nSPS) is 23.6. The number of ether oxygens (including phenoxy) is 2. The van der Waals surface area contributed by atoms with Crippen molar-refractivity contribution in [2.45, 2.75) is 25.3 Å². The van der Waals surface area contributed by atoms with E-state index in [9.17, 15) is 4.79 Å². The molecule has 3 rings (SSSR count). The van der Waals surface area contributed by atoms with Crippen LogP contribution in [0.25, 0.3) is 0 Å². The molecule has 2 saturated heterocycles. The molecule has 1 spiro atoms. The van der Waals surface area contributed by atoms with Crippen molar-refractivity contribution in [3.05, 3.63) is 30.3 Å². The summed E-state index contributed by atoms with van der Waals surface area (Å²) in [5, 5.41) is 0. The molecule has 1 aromatic carbocycles. The quantitative estimate of drug-likeness (QED) is 0.827. The van der Waals surface area contributed by atoms with Gasteiger partial charge in [0.1, 0.15) is 5.75 Å². The zero-order valence-corrected chi connectivity index (χ0v) is 14.7. The molecule has 1 unspecified atom stereocenters. The SMILES string of the molecule is COCC1CC2(CCN(C(=O)COc3ccccc3)CC2)CN1C. The van der Waals surface area contributed by atoms with Crippen LogP contribution in [-0.4, -0.2) is 68.8 Å². The Morgan fingerprint density at radius 2 is 1.96 bits per heavy atom. The minimum absolute atomic E-state index is 0.0912. The van der Waals surface area contributed by atoms with E-state index >= 15 is 0 Å². The molecule has 2 aliphatic rings. The second kappa shape index (κ2) is 7.53. The number of rotatable bonds is 5. The Kier molecular flexibility index (Phi) is 5.41. The molecule has 24 heavy (non-hydrogen) atoms. The Bertz CT molecular complexity index is 541. The molecule has 5 heteroatoms. The van der Waals surface area contributed by atoms with E-state index in [1.54, 1.807) is 7.11 Å². The molecule has 0 N–H and O–H groups in total. The van der Waals surface area contributed by atoms with Gasteiger partial charge in [0, 0.05) is 32.8 Å². The number of hydrogen-bond donors (Lipinski definition) is 0. The topological polar surface area (TPSA) is 42.0 Å². The van der Waals surface area contributed by atoms with Crippen LogP contribution < -0.4 is 4.74 Å². The van der Waals surface area contributed by atoms with Gasteiger partial charge in [-0.15, -0.1) is 0 Å². The smallest absolute Gasteiger partial charge is 0.260 e. The molecule has 0 saturated carbocycles. The van der Waals surface area contributed by atoms with Gasteiger partial charge in [0.15, 0.2) is 6.61 Å². The minimum Gasteiger partial charge on any atom is -0.484 e. The molecule has 2 fully saturated rings. The average molecular weight is 332 g/mol. The van der Waals surface area contributed by atoms with Crippen LogP contribution in [-0.2, 0) is 9.53 Å². The highest BCUT2D eigenvalue weighted by Gasteiger charge is 2.44. The number of para-hydroxylation sites is 1. The molecule has 2 aliphatic heterocycles. The zero-order chi connectivity index (χ0) is 17.0. The van der Waals surface area contributed by atoms with Crippen molar-refractivity contribution in [1.29, 1.82) is 0 Å². The highest BCUT2D eigenvalue weighted by molar-refractivity contribution is 5.77. The van der Waals surface area contributed by atoms with Crippen LogP contribution in [0.3, 0.4) is 0 Å². The summed E-state index contributed by atoms with van der Waals surface area (Å²) in [5.74, 6) is 0.840. The number of carbonyl (C=O) groups is 1. The van der Waals surface area contributed by atoms with Gasteiger partial charge >= 0.3 is 0 Å². The third-order valence-corrected chi connectivity index (χ3v) is 5.52. The van der Waals surface area contributed by atoms with Crippen LogP contribution in [0.1, 0.15) is 19.3 Å². The van der Waals surface area contributed by atoms with Crippen molar-refractivity contribution in [2.75, 3.05) is 47.0 Å². The van der Waals surface area contributed by atoms with E-state index < -0.39 is 0 Å². The number of amides is 1. The second-order valence-corrected chi connectivity index (χ2v) is 7.21. The van der Waals surface area contributed by atoms with Gasteiger partial charge in [-0.1, -0.05) is 18.2 Å². The monoisotopic (exact) mass is 332 g/mol. The molecule has 132 valence electrons. The Morgan fingerprint density at radius 1 is 1.25 bits per heavy atom. The standard InChI is InChI=1S/C19H28N2O3/c1-20-15-19(12-16(20)13-23-2)8-10-21(11-9-19)18(22)14-24-17-6-4-3-5-7-17/h3-7,16H,8-15H2,1-2H3. The maximum atomic E-state index is 12.4.